The zero-order chi connectivity index (χ0) is 23.0. The predicted octanol–water partition coefficient (Wildman–Crippen LogP) is 5.74. The van der Waals surface area contributed by atoms with Crippen LogP contribution in [-0.2, 0) is 11.0 Å². The molecule has 0 radical (unpaired) electrons. The van der Waals surface area contributed by atoms with E-state index < -0.39 is 23.6 Å². The fraction of sp³-hybridized carbons (Fsp3) is 0.480. The number of carbonyl (C=O) groups is 1. The molecule has 4 rings (SSSR count). The van der Waals surface area contributed by atoms with Crippen molar-refractivity contribution in [2.45, 2.75) is 38.8 Å². The van der Waals surface area contributed by atoms with Crippen LogP contribution in [0.2, 0.25) is 0 Å². The van der Waals surface area contributed by atoms with E-state index in [1.807, 2.05) is 24.3 Å². The highest BCUT2D eigenvalue weighted by atomic mass is 19.4. The van der Waals surface area contributed by atoms with Gasteiger partial charge >= 0.3 is 12.1 Å². The van der Waals surface area contributed by atoms with Gasteiger partial charge in [0.2, 0.25) is 0 Å². The number of hydrogen-bond donors (Lipinski definition) is 1. The van der Waals surface area contributed by atoms with Crippen LogP contribution in [0, 0.1) is 24.7 Å². The Kier molecular flexibility index (Phi) is 6.10. The van der Waals surface area contributed by atoms with Gasteiger partial charge in [-0.3, -0.25) is 4.79 Å². The van der Waals surface area contributed by atoms with Crippen molar-refractivity contribution < 1.29 is 27.8 Å². The molecule has 1 N–H and O–H groups in total. The van der Waals surface area contributed by atoms with Crippen LogP contribution in [0.4, 0.5) is 18.9 Å². The predicted molar refractivity (Wildman–Crippen MR) is 116 cm³/mol. The minimum Gasteiger partial charge on any atom is -0.493 e. The Morgan fingerprint density at radius 3 is 2.53 bits per heavy atom. The first-order valence-corrected chi connectivity index (χ1v) is 11.0. The molecule has 2 atom stereocenters. The Hall–Kier alpha value is -2.70. The molecule has 1 saturated carbocycles. The van der Waals surface area contributed by atoms with Gasteiger partial charge < -0.3 is 14.7 Å². The maximum Gasteiger partial charge on any atom is 0.418 e. The highest BCUT2D eigenvalue weighted by molar-refractivity contribution is 5.71. The average Bonchev–Trinajstić information content (AvgIpc) is 3.51. The number of rotatable bonds is 8. The Morgan fingerprint density at radius 2 is 1.91 bits per heavy atom. The molecular weight excluding hydrogens is 419 g/mol. The number of anilines is 1. The van der Waals surface area contributed by atoms with E-state index >= 15 is 0 Å². The monoisotopic (exact) mass is 447 g/mol. The SMILES string of the molecule is Cc1ccc(C(F)(F)F)c(N2CC(COc3cccc([C@H](C4CC4)[C@H](C)C(=O)O)c3)C2)c1. The minimum absolute atomic E-state index is 0.0302. The van der Waals surface area contributed by atoms with Crippen LogP contribution in [0.1, 0.15) is 42.4 Å². The van der Waals surface area contributed by atoms with E-state index in [1.54, 1.807) is 24.8 Å². The molecule has 0 aromatic heterocycles. The van der Waals surface area contributed by atoms with Gasteiger partial charge in [-0.1, -0.05) is 25.1 Å². The van der Waals surface area contributed by atoms with E-state index in [1.165, 1.54) is 6.07 Å². The van der Waals surface area contributed by atoms with Gasteiger partial charge in [0, 0.05) is 24.7 Å². The lowest BCUT2D eigenvalue weighted by Crippen LogP contribution is -2.50. The Labute approximate surface area is 186 Å². The smallest absolute Gasteiger partial charge is 0.418 e. The molecule has 2 aromatic rings. The van der Waals surface area contributed by atoms with E-state index in [9.17, 15) is 23.1 Å². The molecule has 0 bridgehead atoms. The second-order valence-corrected chi connectivity index (χ2v) is 9.16. The van der Waals surface area contributed by atoms with Crippen molar-refractivity contribution in [2.75, 3.05) is 24.6 Å². The molecule has 1 aliphatic carbocycles. The number of halogens is 3. The molecule has 0 spiro atoms. The molecule has 32 heavy (non-hydrogen) atoms. The van der Waals surface area contributed by atoms with Gasteiger partial charge in [0.1, 0.15) is 5.75 Å². The number of aryl methyl sites for hydroxylation is 1. The molecule has 0 unspecified atom stereocenters. The molecule has 1 heterocycles. The topological polar surface area (TPSA) is 49.8 Å². The summed E-state index contributed by atoms with van der Waals surface area (Å²) in [4.78, 5) is 13.3. The Balaban J connectivity index is 1.37. The number of hydrogen-bond acceptors (Lipinski definition) is 3. The first kappa shape index (κ1) is 22.5. The number of carboxylic acid groups (broad SMARTS) is 1. The van der Waals surface area contributed by atoms with E-state index in [0.717, 1.165) is 30.0 Å². The van der Waals surface area contributed by atoms with Gasteiger partial charge in [-0.15, -0.1) is 0 Å². The number of carboxylic acids is 1. The van der Waals surface area contributed by atoms with Crippen molar-refractivity contribution in [1.29, 1.82) is 0 Å². The third-order valence-corrected chi connectivity index (χ3v) is 6.54. The first-order chi connectivity index (χ1) is 15.1. The van der Waals surface area contributed by atoms with E-state index in [2.05, 4.69) is 0 Å². The lowest BCUT2D eigenvalue weighted by Gasteiger charge is -2.42. The molecule has 7 heteroatoms. The quantitative estimate of drug-likeness (QED) is 0.560. The summed E-state index contributed by atoms with van der Waals surface area (Å²) in [6.45, 7) is 4.97. The van der Waals surface area contributed by atoms with Crippen molar-refractivity contribution in [3.8, 4) is 5.75 Å². The summed E-state index contributed by atoms with van der Waals surface area (Å²) in [5, 5.41) is 9.47. The summed E-state index contributed by atoms with van der Waals surface area (Å²) in [6.07, 6.45) is -2.29. The lowest BCUT2D eigenvalue weighted by molar-refractivity contribution is -0.142. The first-order valence-electron chi connectivity index (χ1n) is 11.0. The minimum atomic E-state index is -4.38. The fourth-order valence-electron chi connectivity index (χ4n) is 4.62. The standard InChI is InChI=1S/C25H28F3NO3/c1-15-6-9-21(25(26,27)28)22(10-15)29-12-17(13-29)14-32-20-5-3-4-19(11-20)23(18-7-8-18)16(2)24(30)31/h3-6,9-11,16-18,23H,7-8,12-14H2,1-2H3,(H,30,31)/t16-,23-/m0/s1. The van der Waals surface area contributed by atoms with Gasteiger partial charge in [-0.25, -0.2) is 0 Å². The van der Waals surface area contributed by atoms with Crippen LogP contribution in [-0.4, -0.2) is 30.8 Å². The molecule has 172 valence electrons. The van der Waals surface area contributed by atoms with Crippen molar-refractivity contribution >= 4 is 11.7 Å². The van der Waals surface area contributed by atoms with Crippen molar-refractivity contribution in [3.63, 3.8) is 0 Å². The molecular formula is C25H28F3NO3. The van der Waals surface area contributed by atoms with Crippen molar-refractivity contribution in [1.82, 2.24) is 0 Å². The maximum atomic E-state index is 13.4. The number of ether oxygens (including phenoxy) is 1. The fourth-order valence-corrected chi connectivity index (χ4v) is 4.62. The Bertz CT molecular complexity index is 981. The largest absolute Gasteiger partial charge is 0.493 e. The molecule has 2 aliphatic rings. The maximum absolute atomic E-state index is 13.4. The van der Waals surface area contributed by atoms with E-state index in [4.69, 9.17) is 4.74 Å². The Morgan fingerprint density at radius 1 is 1.19 bits per heavy atom. The number of aliphatic carboxylic acids is 1. The summed E-state index contributed by atoms with van der Waals surface area (Å²) in [6, 6.07) is 11.8. The van der Waals surface area contributed by atoms with Gasteiger partial charge in [-0.05, 0) is 67.0 Å². The van der Waals surface area contributed by atoms with Gasteiger partial charge in [0.25, 0.3) is 0 Å². The van der Waals surface area contributed by atoms with Gasteiger partial charge in [0.05, 0.1) is 18.1 Å². The summed E-state index contributed by atoms with van der Waals surface area (Å²) < 4.78 is 46.0. The van der Waals surface area contributed by atoms with Crippen LogP contribution < -0.4 is 9.64 Å². The van der Waals surface area contributed by atoms with Crippen molar-refractivity contribution in [3.05, 3.63) is 59.2 Å². The van der Waals surface area contributed by atoms with Crippen LogP contribution in [0.3, 0.4) is 0 Å². The molecule has 2 aromatic carbocycles. The highest BCUT2D eigenvalue weighted by Gasteiger charge is 2.39. The second kappa shape index (κ2) is 8.68. The van der Waals surface area contributed by atoms with Gasteiger partial charge in [0.15, 0.2) is 0 Å². The summed E-state index contributed by atoms with van der Waals surface area (Å²) in [5.74, 6) is -0.0774. The van der Waals surface area contributed by atoms with E-state index in [-0.39, 0.29) is 17.5 Å². The molecule has 4 nitrogen and oxygen atoms in total. The summed E-state index contributed by atoms with van der Waals surface area (Å²) >= 11 is 0. The number of nitrogens with zero attached hydrogens (tertiary/aromatic N) is 1. The third-order valence-electron chi connectivity index (χ3n) is 6.54. The van der Waals surface area contributed by atoms with Crippen LogP contribution in [0.5, 0.6) is 5.75 Å². The van der Waals surface area contributed by atoms with Crippen LogP contribution in [0.15, 0.2) is 42.5 Å². The number of alkyl halides is 3. The zero-order valence-electron chi connectivity index (χ0n) is 18.2. The highest BCUT2D eigenvalue weighted by Crippen LogP contribution is 2.47. The number of benzene rings is 2. The second-order valence-electron chi connectivity index (χ2n) is 9.16. The van der Waals surface area contributed by atoms with Crippen LogP contribution >= 0.6 is 0 Å². The third kappa shape index (κ3) is 4.87. The summed E-state index contributed by atoms with van der Waals surface area (Å²) in [7, 11) is 0. The lowest BCUT2D eigenvalue weighted by atomic mass is 9.83. The normalized spacial score (nSPS) is 18.7. The summed E-state index contributed by atoms with van der Waals surface area (Å²) in [5.41, 5.74) is 1.40. The molecule has 2 fully saturated rings. The average molecular weight is 447 g/mol. The molecule has 1 saturated heterocycles. The van der Waals surface area contributed by atoms with E-state index in [0.29, 0.717) is 31.4 Å². The van der Waals surface area contributed by atoms with Crippen LogP contribution in [0.25, 0.3) is 0 Å². The van der Waals surface area contributed by atoms with Crippen molar-refractivity contribution in [2.24, 2.45) is 17.8 Å². The molecule has 0 amide bonds. The zero-order valence-corrected chi connectivity index (χ0v) is 18.2. The van der Waals surface area contributed by atoms with Gasteiger partial charge in [-0.2, -0.15) is 13.2 Å². The molecule has 1 aliphatic heterocycles.